The van der Waals surface area contributed by atoms with E-state index < -0.39 is 23.8 Å². The lowest BCUT2D eigenvalue weighted by atomic mass is 9.96. The Hall–Kier alpha value is -4.19. The summed E-state index contributed by atoms with van der Waals surface area (Å²) in [7, 11) is 3.35. The molecule has 3 aliphatic heterocycles. The molecular weight excluding hydrogens is 654 g/mol. The average Bonchev–Trinajstić information content (AvgIpc) is 3.77. The molecule has 246 valence electrons. The van der Waals surface area contributed by atoms with Gasteiger partial charge >= 0.3 is 12.1 Å². The molecule has 5 heterocycles. The van der Waals surface area contributed by atoms with Crippen molar-refractivity contribution in [3.05, 3.63) is 34.4 Å². The van der Waals surface area contributed by atoms with Gasteiger partial charge in [-0.1, -0.05) is 17.7 Å². The minimum Gasteiger partial charge on any atom is -0.487 e. The zero-order valence-electron chi connectivity index (χ0n) is 25.8. The molecule has 7 rings (SSSR count). The third kappa shape index (κ3) is 5.21. The quantitative estimate of drug-likeness (QED) is 0.267. The molecule has 0 saturated carbocycles. The SMILES string of the molecule is COC(=O)N1CCC(C2COc3c(Cl)c(-c4ccc(F)c5sc(N)c(C#N)c45)c(F)c4nc(O[C@@H](C)[C@@H]5CCCN5C)nc(c34)O2)C1. The van der Waals surface area contributed by atoms with Gasteiger partial charge in [0.05, 0.1) is 22.4 Å². The first-order valence-corrected chi connectivity index (χ1v) is 16.4. The second kappa shape index (κ2) is 12.1. The standard InChI is InChI=1S/C32H31ClF2N6O5S/c1-14(19-5-4-9-40(19)2)45-31-38-26-23-27(44-13-20(46-30(23)39-31)15-8-10-41(12-15)32(42)43-3)24(33)22(25(26)35)16-6-7-18(34)28-21(16)17(11-36)29(37)47-28/h6-7,14-15,19-20H,4-5,8-10,12-13,37H2,1-3H3/t14-,15?,19-,20?/m0/s1. The van der Waals surface area contributed by atoms with Crippen molar-refractivity contribution in [3.63, 3.8) is 0 Å². The number of nitrogens with two attached hydrogens (primary N) is 1. The maximum atomic E-state index is 17.0. The number of likely N-dealkylation sites (tertiary alicyclic amines) is 2. The number of fused-ring (bicyclic) bond motifs is 1. The molecule has 0 aliphatic carbocycles. The summed E-state index contributed by atoms with van der Waals surface area (Å²) < 4.78 is 55.9. The zero-order chi connectivity index (χ0) is 33.1. The van der Waals surface area contributed by atoms with Crippen LogP contribution in [0.1, 0.15) is 31.7 Å². The Morgan fingerprint density at radius 3 is 2.79 bits per heavy atom. The summed E-state index contributed by atoms with van der Waals surface area (Å²) in [5.41, 5.74) is 5.95. The van der Waals surface area contributed by atoms with Crippen molar-refractivity contribution in [1.29, 1.82) is 5.26 Å². The van der Waals surface area contributed by atoms with Gasteiger partial charge in [0.15, 0.2) is 11.6 Å². The smallest absolute Gasteiger partial charge is 0.409 e. The number of likely N-dealkylation sites (N-methyl/N-ethyl adjacent to an activating group) is 1. The van der Waals surface area contributed by atoms with Crippen LogP contribution in [0.3, 0.4) is 0 Å². The van der Waals surface area contributed by atoms with Crippen LogP contribution in [-0.2, 0) is 4.74 Å². The van der Waals surface area contributed by atoms with Crippen molar-refractivity contribution >= 4 is 55.0 Å². The van der Waals surface area contributed by atoms with Crippen LogP contribution >= 0.6 is 22.9 Å². The number of ether oxygens (including phenoxy) is 4. The Balaban J connectivity index is 1.40. The largest absolute Gasteiger partial charge is 0.487 e. The van der Waals surface area contributed by atoms with E-state index in [9.17, 15) is 14.4 Å². The van der Waals surface area contributed by atoms with Crippen LogP contribution in [0.15, 0.2) is 12.1 Å². The zero-order valence-corrected chi connectivity index (χ0v) is 27.4. The van der Waals surface area contributed by atoms with Gasteiger partial charge in [0.2, 0.25) is 5.88 Å². The van der Waals surface area contributed by atoms with Gasteiger partial charge in [-0.15, -0.1) is 11.3 Å². The number of hydrogen-bond donors (Lipinski definition) is 1. The number of nitrogens with zero attached hydrogens (tertiary/aromatic N) is 5. The number of thiophene rings is 1. The van der Waals surface area contributed by atoms with Crippen molar-refractivity contribution in [2.75, 3.05) is 46.1 Å². The predicted molar refractivity (Wildman–Crippen MR) is 172 cm³/mol. The molecular formula is C32H31ClF2N6O5S. The maximum absolute atomic E-state index is 17.0. The predicted octanol–water partition coefficient (Wildman–Crippen LogP) is 5.99. The number of halogens is 3. The van der Waals surface area contributed by atoms with Crippen LogP contribution in [0, 0.1) is 28.9 Å². The fourth-order valence-electron chi connectivity index (χ4n) is 6.98. The summed E-state index contributed by atoms with van der Waals surface area (Å²) >= 11 is 7.88. The summed E-state index contributed by atoms with van der Waals surface area (Å²) in [5.74, 6) is -1.50. The Labute approximate surface area is 277 Å². The minimum atomic E-state index is -0.849. The van der Waals surface area contributed by atoms with Gasteiger partial charge in [0.25, 0.3) is 0 Å². The highest BCUT2D eigenvalue weighted by atomic mass is 35.5. The van der Waals surface area contributed by atoms with E-state index in [1.165, 1.54) is 19.2 Å². The Morgan fingerprint density at radius 2 is 2.06 bits per heavy atom. The lowest BCUT2D eigenvalue weighted by molar-refractivity contribution is 0.0793. The van der Waals surface area contributed by atoms with Crippen LogP contribution < -0.4 is 19.9 Å². The average molecular weight is 685 g/mol. The molecule has 1 amide bonds. The summed E-state index contributed by atoms with van der Waals surface area (Å²) in [4.78, 5) is 25.1. The highest BCUT2D eigenvalue weighted by Gasteiger charge is 2.39. The molecule has 4 atom stereocenters. The van der Waals surface area contributed by atoms with Crippen molar-refractivity contribution in [3.8, 4) is 34.8 Å². The normalized spacial score (nSPS) is 21.7. The Morgan fingerprint density at radius 1 is 1.26 bits per heavy atom. The molecule has 47 heavy (non-hydrogen) atoms. The third-order valence-electron chi connectivity index (χ3n) is 9.38. The number of hydrogen-bond acceptors (Lipinski definition) is 11. The van der Waals surface area contributed by atoms with E-state index in [2.05, 4.69) is 14.9 Å². The number of amides is 1. The fraction of sp³-hybridized carbons (Fsp3) is 0.438. The van der Waals surface area contributed by atoms with Gasteiger partial charge in [0, 0.05) is 36.0 Å². The number of carbonyl (C=O) groups excluding carboxylic acids is 1. The second-order valence-electron chi connectivity index (χ2n) is 12.1. The first-order valence-electron chi connectivity index (χ1n) is 15.2. The van der Waals surface area contributed by atoms with Crippen molar-refractivity contribution in [1.82, 2.24) is 19.8 Å². The highest BCUT2D eigenvalue weighted by molar-refractivity contribution is 7.23. The number of anilines is 1. The lowest BCUT2D eigenvalue weighted by Gasteiger charge is -2.26. The Kier molecular flexibility index (Phi) is 8.10. The topological polar surface area (TPSA) is 136 Å². The number of nitrogen functional groups attached to an aromatic ring is 1. The number of benzene rings is 2. The van der Waals surface area contributed by atoms with Gasteiger partial charge in [-0.3, -0.25) is 4.90 Å². The molecule has 0 radical (unpaired) electrons. The number of methoxy groups -OCH3 is 1. The molecule has 4 aromatic rings. The van der Waals surface area contributed by atoms with Crippen LogP contribution in [-0.4, -0.2) is 84.5 Å². The third-order valence-corrected chi connectivity index (χ3v) is 10.8. The molecule has 3 aliphatic rings. The summed E-state index contributed by atoms with van der Waals surface area (Å²) in [5, 5.41) is 10.1. The first kappa shape index (κ1) is 31.4. The van der Waals surface area contributed by atoms with Crippen LogP contribution in [0.25, 0.3) is 32.1 Å². The molecule has 2 aromatic heterocycles. The van der Waals surface area contributed by atoms with E-state index in [1.54, 1.807) is 4.90 Å². The molecule has 0 spiro atoms. The molecule has 15 heteroatoms. The van der Waals surface area contributed by atoms with E-state index in [0.717, 1.165) is 30.7 Å². The molecule has 2 saturated heterocycles. The molecule has 2 unspecified atom stereocenters. The van der Waals surface area contributed by atoms with Crippen LogP contribution in [0.5, 0.6) is 17.6 Å². The van der Waals surface area contributed by atoms with Crippen LogP contribution in [0.2, 0.25) is 5.02 Å². The highest BCUT2D eigenvalue weighted by Crippen LogP contribution is 2.51. The Bertz CT molecular complexity index is 1970. The van der Waals surface area contributed by atoms with E-state index in [-0.39, 0.29) is 90.0 Å². The summed E-state index contributed by atoms with van der Waals surface area (Å²) in [6, 6.07) is 4.57. The number of aromatic nitrogens is 2. The van der Waals surface area contributed by atoms with E-state index in [4.69, 9.17) is 36.3 Å². The number of nitriles is 1. The van der Waals surface area contributed by atoms with Gasteiger partial charge < -0.3 is 29.6 Å². The lowest BCUT2D eigenvalue weighted by Crippen LogP contribution is -2.38. The van der Waals surface area contributed by atoms with Crippen molar-refractivity contribution in [2.45, 2.75) is 44.4 Å². The van der Waals surface area contributed by atoms with E-state index in [1.807, 2.05) is 20.0 Å². The molecule has 11 nitrogen and oxygen atoms in total. The molecule has 2 aromatic carbocycles. The molecule has 2 N–H and O–H groups in total. The van der Waals surface area contributed by atoms with Crippen molar-refractivity contribution in [2.24, 2.45) is 5.92 Å². The van der Waals surface area contributed by atoms with Crippen LogP contribution in [0.4, 0.5) is 18.6 Å². The van der Waals surface area contributed by atoms with E-state index in [0.29, 0.717) is 19.5 Å². The van der Waals surface area contributed by atoms with E-state index >= 15 is 4.39 Å². The second-order valence-corrected chi connectivity index (χ2v) is 13.5. The van der Waals surface area contributed by atoms with Crippen molar-refractivity contribution < 1.29 is 32.5 Å². The van der Waals surface area contributed by atoms with Gasteiger partial charge in [-0.05, 0) is 51.4 Å². The minimum absolute atomic E-state index is 0.00304. The summed E-state index contributed by atoms with van der Waals surface area (Å²) in [6.07, 6.45) is 1.19. The molecule has 0 bridgehead atoms. The maximum Gasteiger partial charge on any atom is 0.409 e. The first-order chi connectivity index (χ1) is 22.6. The van der Waals surface area contributed by atoms with Gasteiger partial charge in [0.1, 0.15) is 46.6 Å². The number of rotatable bonds is 5. The fourth-order valence-corrected chi connectivity index (χ4v) is 8.26. The summed E-state index contributed by atoms with van der Waals surface area (Å²) in [6.45, 7) is 3.67. The van der Waals surface area contributed by atoms with Gasteiger partial charge in [-0.2, -0.15) is 15.2 Å². The molecule has 2 fully saturated rings. The van der Waals surface area contributed by atoms with Gasteiger partial charge in [-0.25, -0.2) is 13.6 Å². The monoisotopic (exact) mass is 684 g/mol. The number of carbonyl (C=O) groups is 1.